The van der Waals surface area contributed by atoms with E-state index in [1.807, 2.05) is 6.07 Å². The maximum Gasteiger partial charge on any atom is 0.264 e. The van der Waals surface area contributed by atoms with Gasteiger partial charge in [-0.3, -0.25) is 4.72 Å². The quantitative estimate of drug-likeness (QED) is 0.206. The zero-order chi connectivity index (χ0) is 28.2. The Hall–Kier alpha value is -4.28. The number of aromatic nitrogens is 3. The molecule has 0 radical (unpaired) electrons. The van der Waals surface area contributed by atoms with Crippen LogP contribution in [0.2, 0.25) is 0 Å². The molecule has 1 aliphatic heterocycles. The van der Waals surface area contributed by atoms with Gasteiger partial charge in [0.15, 0.2) is 0 Å². The predicted molar refractivity (Wildman–Crippen MR) is 160 cm³/mol. The Bertz CT molecular complexity index is 1770. The van der Waals surface area contributed by atoms with Crippen LogP contribution in [0.25, 0.3) is 22.2 Å². The molecule has 1 aliphatic rings. The van der Waals surface area contributed by atoms with Crippen LogP contribution in [0.5, 0.6) is 0 Å². The highest BCUT2D eigenvalue weighted by atomic mass is 32.2. The third-order valence-electron chi connectivity index (χ3n) is 7.34. The van der Waals surface area contributed by atoms with Gasteiger partial charge in [-0.15, -0.1) is 0 Å². The molecule has 3 aromatic carbocycles. The topological polar surface area (TPSA) is 92.2 Å². The molecule has 0 atom stereocenters. The van der Waals surface area contributed by atoms with E-state index in [1.165, 1.54) is 61.4 Å². The number of rotatable bonds is 10. The smallest absolute Gasteiger partial charge is 0.264 e. The lowest BCUT2D eigenvalue weighted by molar-refractivity contribution is 0.326. The summed E-state index contributed by atoms with van der Waals surface area (Å²) in [6, 6.07) is 22.3. The van der Waals surface area contributed by atoms with Crippen LogP contribution < -0.4 is 10.0 Å². The van der Waals surface area contributed by atoms with Crippen LogP contribution in [-0.2, 0) is 16.6 Å². The second kappa shape index (κ2) is 11.7. The molecule has 0 amide bonds. The minimum absolute atomic E-state index is 0.318. The van der Waals surface area contributed by atoms with E-state index in [0.717, 1.165) is 36.8 Å². The Kier molecular flexibility index (Phi) is 7.67. The van der Waals surface area contributed by atoms with Crippen molar-refractivity contribution >= 4 is 38.1 Å². The van der Waals surface area contributed by atoms with Crippen molar-refractivity contribution in [3.8, 4) is 11.3 Å². The summed E-state index contributed by atoms with van der Waals surface area (Å²) in [5.74, 6) is -0.197. The second-order valence-corrected chi connectivity index (χ2v) is 11.9. The number of hydrogen-bond acceptors (Lipinski definition) is 6. The highest BCUT2D eigenvalue weighted by Crippen LogP contribution is 2.27. The lowest BCUT2D eigenvalue weighted by Gasteiger charge is -2.14. The maximum atomic E-state index is 14.0. The summed E-state index contributed by atoms with van der Waals surface area (Å²) in [5.41, 5.74) is 4.04. The second-order valence-electron chi connectivity index (χ2n) is 10.2. The zero-order valence-electron chi connectivity index (χ0n) is 22.5. The van der Waals surface area contributed by atoms with Crippen LogP contribution in [0.3, 0.4) is 0 Å². The Labute approximate surface area is 238 Å². The molecular formula is C31H31FN6O2S. The molecule has 0 unspecified atom stereocenters. The molecule has 1 fully saturated rings. The van der Waals surface area contributed by atoms with Crippen molar-refractivity contribution in [1.82, 2.24) is 19.4 Å². The summed E-state index contributed by atoms with van der Waals surface area (Å²) in [5, 5.41) is 4.41. The summed E-state index contributed by atoms with van der Waals surface area (Å²) in [7, 11) is -4.04. The fourth-order valence-electron chi connectivity index (χ4n) is 5.25. The van der Waals surface area contributed by atoms with E-state index in [9.17, 15) is 12.8 Å². The van der Waals surface area contributed by atoms with Gasteiger partial charge in [0, 0.05) is 46.6 Å². The third kappa shape index (κ3) is 6.23. The first-order valence-electron chi connectivity index (χ1n) is 13.7. The predicted octanol–water partition coefficient (Wildman–Crippen LogP) is 6.27. The van der Waals surface area contributed by atoms with Gasteiger partial charge in [-0.05, 0) is 93.5 Å². The number of likely N-dealkylation sites (tertiary alicyclic amines) is 1. The van der Waals surface area contributed by atoms with Crippen LogP contribution in [0, 0.1) is 5.82 Å². The SMILES string of the molecule is O=S(=O)(Nc1ccc(Nc2cc(-c3ccc4c(ccn4CCCN4CCCC4)c3)ncn2)cc1)c1ccccc1F. The van der Waals surface area contributed by atoms with Crippen LogP contribution in [0.15, 0.2) is 96.3 Å². The molecule has 2 aromatic heterocycles. The molecule has 1 saturated heterocycles. The van der Waals surface area contributed by atoms with Crippen molar-refractivity contribution in [2.45, 2.75) is 30.7 Å². The average molecular weight is 571 g/mol. The molecule has 2 N–H and O–H groups in total. The van der Waals surface area contributed by atoms with Gasteiger partial charge in [0.05, 0.1) is 5.69 Å². The molecule has 0 saturated carbocycles. The number of benzene rings is 3. The largest absolute Gasteiger partial charge is 0.347 e. The monoisotopic (exact) mass is 570 g/mol. The van der Waals surface area contributed by atoms with E-state index < -0.39 is 20.7 Å². The molecule has 10 heteroatoms. The first-order valence-corrected chi connectivity index (χ1v) is 15.2. The highest BCUT2D eigenvalue weighted by Gasteiger charge is 2.18. The summed E-state index contributed by atoms with van der Waals surface area (Å²) >= 11 is 0. The molecule has 3 heterocycles. The van der Waals surface area contributed by atoms with Gasteiger partial charge >= 0.3 is 0 Å². The lowest BCUT2D eigenvalue weighted by Crippen LogP contribution is -2.21. The number of fused-ring (bicyclic) bond motifs is 1. The van der Waals surface area contributed by atoms with Gasteiger partial charge in [0.1, 0.15) is 22.9 Å². The van der Waals surface area contributed by atoms with Crippen molar-refractivity contribution in [2.75, 3.05) is 29.7 Å². The molecular weight excluding hydrogens is 539 g/mol. The molecule has 6 rings (SSSR count). The lowest BCUT2D eigenvalue weighted by atomic mass is 10.1. The first-order chi connectivity index (χ1) is 19.9. The summed E-state index contributed by atoms with van der Waals surface area (Å²) in [6.45, 7) is 4.62. The van der Waals surface area contributed by atoms with E-state index in [2.05, 4.69) is 59.9 Å². The number of anilines is 3. The number of hydrogen-bond donors (Lipinski definition) is 2. The molecule has 210 valence electrons. The van der Waals surface area contributed by atoms with Gasteiger partial charge in [-0.25, -0.2) is 22.8 Å². The Morgan fingerprint density at radius 3 is 2.44 bits per heavy atom. The molecule has 0 bridgehead atoms. The molecule has 8 nitrogen and oxygen atoms in total. The van der Waals surface area contributed by atoms with E-state index in [1.54, 1.807) is 24.3 Å². The number of halogens is 1. The van der Waals surface area contributed by atoms with Gasteiger partial charge in [-0.1, -0.05) is 18.2 Å². The highest BCUT2D eigenvalue weighted by molar-refractivity contribution is 7.92. The van der Waals surface area contributed by atoms with E-state index >= 15 is 0 Å². The van der Waals surface area contributed by atoms with Gasteiger partial charge < -0.3 is 14.8 Å². The van der Waals surface area contributed by atoms with Crippen molar-refractivity contribution in [2.24, 2.45) is 0 Å². The maximum absolute atomic E-state index is 14.0. The van der Waals surface area contributed by atoms with E-state index in [-0.39, 0.29) is 0 Å². The van der Waals surface area contributed by atoms with Crippen LogP contribution in [-0.4, -0.2) is 47.5 Å². The number of aryl methyl sites for hydroxylation is 1. The fraction of sp³-hybridized carbons (Fsp3) is 0.226. The summed E-state index contributed by atoms with van der Waals surface area (Å²) in [4.78, 5) is 11.0. The molecule has 0 aliphatic carbocycles. The molecule has 5 aromatic rings. The van der Waals surface area contributed by atoms with Crippen molar-refractivity contribution in [3.63, 3.8) is 0 Å². The average Bonchev–Trinajstić information content (AvgIpc) is 3.64. The fourth-order valence-corrected chi connectivity index (χ4v) is 6.39. The van der Waals surface area contributed by atoms with Crippen molar-refractivity contribution in [1.29, 1.82) is 0 Å². The Balaban J connectivity index is 1.11. The van der Waals surface area contributed by atoms with Crippen LogP contribution >= 0.6 is 0 Å². The number of nitrogens with one attached hydrogen (secondary N) is 2. The number of nitrogens with zero attached hydrogens (tertiary/aromatic N) is 4. The zero-order valence-corrected chi connectivity index (χ0v) is 23.3. The minimum Gasteiger partial charge on any atom is -0.347 e. The van der Waals surface area contributed by atoms with Gasteiger partial charge in [0.2, 0.25) is 0 Å². The molecule has 41 heavy (non-hydrogen) atoms. The van der Waals surface area contributed by atoms with Crippen LogP contribution in [0.1, 0.15) is 19.3 Å². The minimum atomic E-state index is -4.04. The van der Waals surface area contributed by atoms with E-state index in [0.29, 0.717) is 17.2 Å². The summed E-state index contributed by atoms with van der Waals surface area (Å²) < 4.78 is 43.8. The molecule has 0 spiro atoms. The van der Waals surface area contributed by atoms with Crippen molar-refractivity contribution in [3.05, 3.63) is 97.2 Å². The van der Waals surface area contributed by atoms with Gasteiger partial charge in [-0.2, -0.15) is 0 Å². The first kappa shape index (κ1) is 26.9. The van der Waals surface area contributed by atoms with Gasteiger partial charge in [0.25, 0.3) is 10.0 Å². The van der Waals surface area contributed by atoms with Crippen LogP contribution in [0.4, 0.5) is 21.6 Å². The Morgan fingerprint density at radius 2 is 1.63 bits per heavy atom. The van der Waals surface area contributed by atoms with E-state index in [4.69, 9.17) is 0 Å². The Morgan fingerprint density at radius 1 is 0.854 bits per heavy atom. The van der Waals surface area contributed by atoms with Crippen molar-refractivity contribution < 1.29 is 12.8 Å². The third-order valence-corrected chi connectivity index (χ3v) is 8.76. The summed E-state index contributed by atoms with van der Waals surface area (Å²) in [6.07, 6.45) is 7.47. The number of sulfonamides is 1. The standard InChI is InChI=1S/C31H31FN6O2S/c32-27-6-1-2-7-30(27)41(39,40)36-26-11-9-25(10-12-26)35-31-21-28(33-22-34-31)23-8-13-29-24(20-23)14-19-38(29)18-5-17-37-15-3-4-16-37/h1-2,6-14,19-22,36H,3-5,15-18H2,(H,33,34,35). The normalized spacial score (nSPS) is 14.0.